The second kappa shape index (κ2) is 3.57. The zero-order valence-electron chi connectivity index (χ0n) is 7.23. The molecule has 0 bridgehead atoms. The molecule has 1 atom stereocenters. The molecule has 0 aliphatic rings. The van der Waals surface area contributed by atoms with Crippen molar-refractivity contribution in [2.75, 3.05) is 0 Å². The van der Waals surface area contributed by atoms with Gasteiger partial charge in [0.1, 0.15) is 5.01 Å². The Labute approximate surface area is 85.1 Å². The van der Waals surface area contributed by atoms with Gasteiger partial charge in [0.05, 0.1) is 10.6 Å². The number of hydrogen-bond donors (Lipinski definition) is 1. The van der Waals surface area contributed by atoms with E-state index < -0.39 is 0 Å². The summed E-state index contributed by atoms with van der Waals surface area (Å²) < 4.78 is 0. The van der Waals surface area contributed by atoms with Gasteiger partial charge in [0, 0.05) is 11.4 Å². The van der Waals surface area contributed by atoms with Crippen molar-refractivity contribution in [3.05, 3.63) is 28.6 Å². The van der Waals surface area contributed by atoms with Crippen LogP contribution in [-0.2, 0) is 0 Å². The molecule has 13 heavy (non-hydrogen) atoms. The Hall–Kier alpha value is -0.710. The zero-order valence-corrected chi connectivity index (χ0v) is 8.86. The van der Waals surface area contributed by atoms with Gasteiger partial charge in [-0.15, -0.1) is 22.7 Å². The van der Waals surface area contributed by atoms with Crippen molar-refractivity contribution in [1.82, 2.24) is 4.98 Å². The highest BCUT2D eigenvalue weighted by molar-refractivity contribution is 7.20. The lowest BCUT2D eigenvalue weighted by atomic mass is 10.3. The Balaban J connectivity index is 2.33. The minimum absolute atomic E-state index is 0.0324. The van der Waals surface area contributed by atoms with Crippen molar-refractivity contribution in [2.24, 2.45) is 5.73 Å². The number of aromatic nitrogens is 1. The minimum atomic E-state index is 0.0324. The van der Waals surface area contributed by atoms with E-state index in [-0.39, 0.29) is 6.04 Å². The van der Waals surface area contributed by atoms with Crippen molar-refractivity contribution >= 4 is 22.7 Å². The second-order valence-corrected chi connectivity index (χ2v) is 4.65. The van der Waals surface area contributed by atoms with Gasteiger partial charge in [-0.05, 0) is 18.4 Å². The molecule has 2 aromatic heterocycles. The Morgan fingerprint density at radius 3 is 2.85 bits per heavy atom. The van der Waals surface area contributed by atoms with E-state index in [1.807, 2.05) is 18.4 Å². The highest BCUT2D eigenvalue weighted by Gasteiger charge is 2.07. The van der Waals surface area contributed by atoms with Crippen molar-refractivity contribution in [2.45, 2.75) is 13.0 Å². The third-order valence-corrected chi connectivity index (χ3v) is 3.62. The van der Waals surface area contributed by atoms with Crippen LogP contribution in [0.25, 0.3) is 9.88 Å². The van der Waals surface area contributed by atoms with Crippen LogP contribution in [0.1, 0.15) is 18.7 Å². The Morgan fingerprint density at radius 2 is 2.31 bits per heavy atom. The first kappa shape index (κ1) is 8.87. The fourth-order valence-electron chi connectivity index (χ4n) is 1.01. The largest absolute Gasteiger partial charge is 0.323 e. The van der Waals surface area contributed by atoms with Crippen LogP contribution < -0.4 is 5.73 Å². The van der Waals surface area contributed by atoms with Gasteiger partial charge in [-0.2, -0.15) is 0 Å². The molecule has 0 aliphatic heterocycles. The van der Waals surface area contributed by atoms with Crippen LogP contribution in [-0.4, -0.2) is 4.98 Å². The molecule has 0 spiro atoms. The fraction of sp³-hybridized carbons (Fsp3) is 0.222. The van der Waals surface area contributed by atoms with E-state index in [4.69, 9.17) is 5.73 Å². The number of thiazole rings is 1. The number of hydrogen-bond acceptors (Lipinski definition) is 4. The summed E-state index contributed by atoms with van der Waals surface area (Å²) in [5.41, 5.74) is 6.71. The number of rotatable bonds is 2. The molecule has 2 aromatic rings. The lowest BCUT2D eigenvalue weighted by Crippen LogP contribution is -2.04. The van der Waals surface area contributed by atoms with Crippen LogP contribution >= 0.6 is 22.7 Å². The van der Waals surface area contributed by atoms with E-state index in [1.54, 1.807) is 22.7 Å². The maximum atomic E-state index is 5.73. The van der Waals surface area contributed by atoms with Crippen molar-refractivity contribution < 1.29 is 0 Å². The maximum Gasteiger partial charge on any atom is 0.133 e. The Morgan fingerprint density at radius 1 is 1.46 bits per heavy atom. The maximum absolute atomic E-state index is 5.73. The molecule has 2 nitrogen and oxygen atoms in total. The van der Waals surface area contributed by atoms with Crippen LogP contribution in [0.2, 0.25) is 0 Å². The summed E-state index contributed by atoms with van der Waals surface area (Å²) in [6, 6.07) is 4.14. The van der Waals surface area contributed by atoms with E-state index in [0.29, 0.717) is 0 Å². The van der Waals surface area contributed by atoms with E-state index in [1.165, 1.54) is 4.88 Å². The third-order valence-electron chi connectivity index (χ3n) is 1.72. The topological polar surface area (TPSA) is 38.9 Å². The van der Waals surface area contributed by atoms with Gasteiger partial charge in [-0.25, -0.2) is 4.98 Å². The smallest absolute Gasteiger partial charge is 0.133 e. The minimum Gasteiger partial charge on any atom is -0.323 e. The molecule has 0 saturated carbocycles. The Kier molecular flexibility index (Phi) is 2.44. The predicted molar refractivity (Wildman–Crippen MR) is 58.0 cm³/mol. The monoisotopic (exact) mass is 210 g/mol. The highest BCUT2D eigenvalue weighted by Crippen LogP contribution is 2.28. The molecule has 2 N–H and O–H groups in total. The average Bonchev–Trinajstić information content (AvgIpc) is 2.75. The molecular formula is C9H10N2S2. The van der Waals surface area contributed by atoms with Crippen LogP contribution in [0, 0.1) is 0 Å². The Bertz CT molecular complexity index is 376. The molecule has 4 heteroatoms. The normalized spacial score (nSPS) is 13.1. The average molecular weight is 210 g/mol. The molecular weight excluding hydrogens is 200 g/mol. The van der Waals surface area contributed by atoms with E-state index >= 15 is 0 Å². The first-order valence-electron chi connectivity index (χ1n) is 4.02. The van der Waals surface area contributed by atoms with Gasteiger partial charge in [0.25, 0.3) is 0 Å². The molecule has 0 fully saturated rings. The second-order valence-electron chi connectivity index (χ2n) is 2.84. The lowest BCUT2D eigenvalue weighted by molar-refractivity contribution is 0.790. The third kappa shape index (κ3) is 1.80. The first-order chi connectivity index (χ1) is 6.27. The van der Waals surface area contributed by atoms with Gasteiger partial charge in [-0.3, -0.25) is 0 Å². The predicted octanol–water partition coefficient (Wildman–Crippen LogP) is 2.89. The van der Waals surface area contributed by atoms with Crippen molar-refractivity contribution in [3.8, 4) is 9.88 Å². The first-order valence-corrected chi connectivity index (χ1v) is 5.78. The van der Waals surface area contributed by atoms with Gasteiger partial charge in [0.2, 0.25) is 0 Å². The van der Waals surface area contributed by atoms with Gasteiger partial charge in [-0.1, -0.05) is 6.07 Å². The number of nitrogens with two attached hydrogens (primary N) is 1. The summed E-state index contributed by atoms with van der Waals surface area (Å²) in [5.74, 6) is 0. The van der Waals surface area contributed by atoms with E-state index in [0.717, 1.165) is 10.7 Å². The standard InChI is InChI=1S/C9H10N2S2/c1-6(10)7-5-13-9(11-7)8-3-2-4-12-8/h2-6H,10H2,1H3. The molecule has 0 aliphatic carbocycles. The summed E-state index contributed by atoms with van der Waals surface area (Å²) in [6.07, 6.45) is 0. The SMILES string of the molecule is CC(N)c1csc(-c2cccs2)n1. The van der Waals surface area contributed by atoms with Gasteiger partial charge in [0.15, 0.2) is 0 Å². The van der Waals surface area contributed by atoms with Crippen LogP contribution in [0.3, 0.4) is 0 Å². The summed E-state index contributed by atoms with van der Waals surface area (Å²) >= 11 is 3.36. The van der Waals surface area contributed by atoms with Crippen molar-refractivity contribution in [3.63, 3.8) is 0 Å². The molecule has 0 saturated heterocycles. The number of thiophene rings is 1. The molecule has 1 unspecified atom stereocenters. The van der Waals surface area contributed by atoms with Gasteiger partial charge < -0.3 is 5.73 Å². The molecule has 2 heterocycles. The molecule has 2 rings (SSSR count). The van der Waals surface area contributed by atoms with E-state index in [2.05, 4.69) is 16.4 Å². The molecule has 0 aromatic carbocycles. The molecule has 68 valence electrons. The molecule has 0 radical (unpaired) electrons. The summed E-state index contributed by atoms with van der Waals surface area (Å²) in [4.78, 5) is 5.68. The summed E-state index contributed by atoms with van der Waals surface area (Å²) in [5, 5.41) is 5.16. The summed E-state index contributed by atoms with van der Waals surface area (Å²) in [6.45, 7) is 1.95. The highest BCUT2D eigenvalue weighted by atomic mass is 32.1. The van der Waals surface area contributed by atoms with Gasteiger partial charge >= 0.3 is 0 Å². The van der Waals surface area contributed by atoms with Crippen molar-refractivity contribution in [1.29, 1.82) is 0 Å². The van der Waals surface area contributed by atoms with Crippen LogP contribution in [0.4, 0.5) is 0 Å². The lowest BCUT2D eigenvalue weighted by Gasteiger charge is -1.96. The quantitative estimate of drug-likeness (QED) is 0.827. The van der Waals surface area contributed by atoms with E-state index in [9.17, 15) is 0 Å². The fourth-order valence-corrected chi connectivity index (χ4v) is 2.75. The van der Waals surface area contributed by atoms with Crippen LogP contribution in [0.15, 0.2) is 22.9 Å². The molecule has 0 amide bonds. The van der Waals surface area contributed by atoms with Crippen LogP contribution in [0.5, 0.6) is 0 Å². The zero-order chi connectivity index (χ0) is 9.26. The number of nitrogens with zero attached hydrogens (tertiary/aromatic N) is 1. The summed E-state index contributed by atoms with van der Waals surface area (Å²) in [7, 11) is 0.